The molecule has 0 atom stereocenters. The Hall–Kier alpha value is 0.0649. The predicted octanol–water partition coefficient (Wildman–Crippen LogP) is 6.45. The van der Waals surface area contributed by atoms with Crippen LogP contribution in [0.25, 0.3) is 0 Å². The van der Waals surface area contributed by atoms with Crippen LogP contribution in [0.15, 0.2) is 0 Å². The summed E-state index contributed by atoms with van der Waals surface area (Å²) < 4.78 is 0. The van der Waals surface area contributed by atoms with Crippen LogP contribution in [0.5, 0.6) is 0 Å². The molecule has 1 aliphatic carbocycles. The average Bonchev–Trinajstić information content (AvgIpc) is 2.44. The second-order valence-electron chi connectivity index (χ2n) is 5.00. The zero-order valence-corrected chi connectivity index (χ0v) is 14.1. The molecule has 0 aliphatic heterocycles. The van der Waals surface area contributed by atoms with Crippen LogP contribution in [0.2, 0.25) is 0 Å². The maximum atomic E-state index is 2.32. The fourth-order valence-electron chi connectivity index (χ4n) is 2.46. The lowest BCUT2D eigenvalue weighted by molar-refractivity contribution is 0.349. The minimum absolute atomic E-state index is 0. The summed E-state index contributed by atoms with van der Waals surface area (Å²) in [4.78, 5) is 0. The molecule has 1 saturated carbocycles. The van der Waals surface area contributed by atoms with Crippen LogP contribution in [-0.4, -0.2) is 8.41 Å². The minimum Gasteiger partial charge on any atom is -0.0683 e. The van der Waals surface area contributed by atoms with Crippen molar-refractivity contribution in [2.45, 2.75) is 99.3 Å². The molecule has 1 aliphatic rings. The van der Waals surface area contributed by atoms with E-state index in [1.807, 2.05) is 13.8 Å². The van der Waals surface area contributed by atoms with Gasteiger partial charge in [0.2, 0.25) is 0 Å². The quantitative estimate of drug-likeness (QED) is 0.505. The van der Waals surface area contributed by atoms with Gasteiger partial charge in [0.15, 0.2) is 0 Å². The topological polar surface area (TPSA) is 0 Å². The molecule has 0 saturated heterocycles. The average molecular weight is 253 g/mol. The van der Waals surface area contributed by atoms with Crippen LogP contribution in [-0.2, 0) is 0 Å². The third-order valence-electron chi connectivity index (χ3n) is 4.03. The summed E-state index contributed by atoms with van der Waals surface area (Å²) in [6, 6.07) is 0. The Morgan fingerprint density at radius 2 is 1.17 bits per heavy atom. The SMILES string of the molecule is CC.CCC(CC)CC.CCC1CCCCC1.[B]. The zero-order chi connectivity index (χ0) is 13.5. The van der Waals surface area contributed by atoms with Crippen molar-refractivity contribution in [3.63, 3.8) is 0 Å². The van der Waals surface area contributed by atoms with Gasteiger partial charge in [0, 0.05) is 8.41 Å². The van der Waals surface area contributed by atoms with Gasteiger partial charge in [-0.3, -0.25) is 0 Å². The fraction of sp³-hybridized carbons (Fsp3) is 1.00. The molecule has 0 N–H and O–H groups in total. The van der Waals surface area contributed by atoms with Crippen molar-refractivity contribution in [3.8, 4) is 0 Å². The van der Waals surface area contributed by atoms with E-state index in [9.17, 15) is 0 Å². The van der Waals surface area contributed by atoms with Gasteiger partial charge in [-0.1, -0.05) is 99.3 Å². The van der Waals surface area contributed by atoms with Gasteiger partial charge in [0.1, 0.15) is 0 Å². The molecule has 109 valence electrons. The third-order valence-corrected chi connectivity index (χ3v) is 4.03. The van der Waals surface area contributed by atoms with Gasteiger partial charge in [-0.05, 0) is 11.8 Å². The Labute approximate surface area is 120 Å². The molecule has 0 amide bonds. The van der Waals surface area contributed by atoms with Crippen LogP contribution in [0.1, 0.15) is 99.3 Å². The lowest BCUT2D eigenvalue weighted by Crippen LogP contribution is -2.03. The molecule has 0 aromatic heterocycles. The summed E-state index contributed by atoms with van der Waals surface area (Å²) >= 11 is 0. The van der Waals surface area contributed by atoms with E-state index in [0.29, 0.717) is 0 Å². The van der Waals surface area contributed by atoms with Gasteiger partial charge in [0.25, 0.3) is 0 Å². The zero-order valence-electron chi connectivity index (χ0n) is 14.1. The monoisotopic (exact) mass is 253 g/mol. The molecule has 1 rings (SSSR count). The van der Waals surface area contributed by atoms with Gasteiger partial charge in [0.05, 0.1) is 0 Å². The van der Waals surface area contributed by atoms with E-state index in [2.05, 4.69) is 27.7 Å². The van der Waals surface area contributed by atoms with E-state index in [1.165, 1.54) is 57.8 Å². The van der Waals surface area contributed by atoms with Crippen molar-refractivity contribution < 1.29 is 0 Å². The normalized spacial score (nSPS) is 14.8. The molecule has 3 radical (unpaired) electrons. The Kier molecular flexibility index (Phi) is 25.0. The standard InChI is InChI=1S/C8H16.C7H16.C2H6.B/c1-2-8-6-4-3-5-7-8;1-4-7(5-2)6-3;1-2;/h8H,2-7H2,1H3;7H,4-6H2,1-3H3;1-2H3;. The smallest absolute Gasteiger partial charge is 0 e. The first-order chi connectivity index (χ1) is 8.28. The molecule has 0 aromatic rings. The highest BCUT2D eigenvalue weighted by Crippen LogP contribution is 2.25. The molecule has 0 spiro atoms. The molecule has 18 heavy (non-hydrogen) atoms. The van der Waals surface area contributed by atoms with Gasteiger partial charge >= 0.3 is 0 Å². The Morgan fingerprint density at radius 1 is 0.778 bits per heavy atom. The lowest BCUT2D eigenvalue weighted by atomic mass is 9.88. The largest absolute Gasteiger partial charge is 0.0683 e. The molecule has 0 bridgehead atoms. The van der Waals surface area contributed by atoms with Gasteiger partial charge in [-0.2, -0.15) is 0 Å². The second kappa shape index (κ2) is 19.4. The summed E-state index contributed by atoms with van der Waals surface area (Å²) in [6.45, 7) is 13.1. The molecule has 0 nitrogen and oxygen atoms in total. The third kappa shape index (κ3) is 14.1. The first kappa shape index (κ1) is 23.2. The van der Waals surface area contributed by atoms with Gasteiger partial charge < -0.3 is 0 Å². The number of hydrogen-bond donors (Lipinski definition) is 0. The molecule has 0 heterocycles. The van der Waals surface area contributed by atoms with E-state index in [1.54, 1.807) is 0 Å². The highest BCUT2D eigenvalue weighted by molar-refractivity contribution is 5.75. The van der Waals surface area contributed by atoms with Crippen molar-refractivity contribution in [1.82, 2.24) is 0 Å². The number of rotatable bonds is 4. The van der Waals surface area contributed by atoms with Crippen molar-refractivity contribution in [3.05, 3.63) is 0 Å². The van der Waals surface area contributed by atoms with Crippen molar-refractivity contribution in [2.24, 2.45) is 11.8 Å². The first-order valence-corrected chi connectivity index (χ1v) is 8.28. The van der Waals surface area contributed by atoms with Crippen LogP contribution in [0.3, 0.4) is 0 Å². The minimum atomic E-state index is 0. The van der Waals surface area contributed by atoms with E-state index < -0.39 is 0 Å². The highest BCUT2D eigenvalue weighted by Gasteiger charge is 2.09. The molecule has 1 fully saturated rings. The Balaban J connectivity index is -0.000000211. The molecule has 0 aromatic carbocycles. The maximum absolute atomic E-state index is 2.32. The summed E-state index contributed by atoms with van der Waals surface area (Å²) in [6.07, 6.45) is 13.0. The molecule has 1 heteroatoms. The van der Waals surface area contributed by atoms with Crippen LogP contribution in [0, 0.1) is 11.8 Å². The molecule has 0 unspecified atom stereocenters. The highest BCUT2D eigenvalue weighted by atomic mass is 14.2. The van der Waals surface area contributed by atoms with Crippen molar-refractivity contribution in [1.29, 1.82) is 0 Å². The fourth-order valence-corrected chi connectivity index (χ4v) is 2.46. The molecular weight excluding hydrogens is 215 g/mol. The predicted molar refractivity (Wildman–Crippen MR) is 88.3 cm³/mol. The summed E-state index contributed by atoms with van der Waals surface area (Å²) in [5, 5.41) is 0. The van der Waals surface area contributed by atoms with E-state index in [-0.39, 0.29) is 8.41 Å². The Bertz CT molecular complexity index is 107. The summed E-state index contributed by atoms with van der Waals surface area (Å²) in [7, 11) is 0. The van der Waals surface area contributed by atoms with E-state index in [0.717, 1.165) is 11.8 Å². The van der Waals surface area contributed by atoms with Crippen LogP contribution >= 0.6 is 0 Å². The van der Waals surface area contributed by atoms with E-state index >= 15 is 0 Å². The summed E-state index contributed by atoms with van der Waals surface area (Å²) in [5.74, 6) is 2.07. The van der Waals surface area contributed by atoms with Crippen LogP contribution < -0.4 is 0 Å². The van der Waals surface area contributed by atoms with E-state index in [4.69, 9.17) is 0 Å². The summed E-state index contributed by atoms with van der Waals surface area (Å²) in [5.41, 5.74) is 0. The van der Waals surface area contributed by atoms with Crippen molar-refractivity contribution >= 4 is 8.41 Å². The second-order valence-corrected chi connectivity index (χ2v) is 5.00. The lowest BCUT2D eigenvalue weighted by Gasteiger charge is -2.18. The molecular formula is C17H38B. The van der Waals surface area contributed by atoms with Gasteiger partial charge in [-0.15, -0.1) is 0 Å². The van der Waals surface area contributed by atoms with Gasteiger partial charge in [-0.25, -0.2) is 0 Å². The Morgan fingerprint density at radius 3 is 1.33 bits per heavy atom. The maximum Gasteiger partial charge on any atom is 0 e. The van der Waals surface area contributed by atoms with Crippen LogP contribution in [0.4, 0.5) is 0 Å². The number of hydrogen-bond acceptors (Lipinski definition) is 0. The first-order valence-electron chi connectivity index (χ1n) is 8.28. The van der Waals surface area contributed by atoms with Crippen molar-refractivity contribution in [2.75, 3.05) is 0 Å².